The Hall–Kier alpha value is -2.33. The molecule has 1 fully saturated rings. The molecule has 0 spiro atoms. The van der Waals surface area contributed by atoms with E-state index in [2.05, 4.69) is 26.2 Å². The molecule has 2 heterocycles. The summed E-state index contributed by atoms with van der Waals surface area (Å²) in [5.41, 5.74) is 2.13. The number of carbonyl (C=O) groups is 1. The van der Waals surface area contributed by atoms with Crippen LogP contribution in [-0.2, 0) is 14.6 Å². The zero-order valence-electron chi connectivity index (χ0n) is 14.1. The van der Waals surface area contributed by atoms with E-state index in [1.807, 2.05) is 13.0 Å². The maximum Gasteiger partial charge on any atom is 0.245 e. The van der Waals surface area contributed by atoms with Crippen molar-refractivity contribution in [3.8, 4) is 5.69 Å². The highest BCUT2D eigenvalue weighted by Gasteiger charge is 2.48. The van der Waals surface area contributed by atoms with Gasteiger partial charge in [0.1, 0.15) is 6.33 Å². The van der Waals surface area contributed by atoms with Gasteiger partial charge in [-0.25, -0.2) is 13.1 Å². The van der Waals surface area contributed by atoms with Crippen molar-refractivity contribution >= 4 is 21.4 Å². The van der Waals surface area contributed by atoms with Gasteiger partial charge in [-0.1, -0.05) is 6.07 Å². The topological polar surface area (TPSA) is 119 Å². The van der Waals surface area contributed by atoms with Gasteiger partial charge in [0.15, 0.2) is 14.6 Å². The van der Waals surface area contributed by atoms with Crippen molar-refractivity contribution < 1.29 is 13.2 Å². The van der Waals surface area contributed by atoms with E-state index in [1.165, 1.54) is 11.0 Å². The Kier molecular flexibility index (Phi) is 4.56. The summed E-state index contributed by atoms with van der Waals surface area (Å²) in [6.45, 7) is 2.88. The molecule has 1 aromatic carbocycles. The molecule has 0 radical (unpaired) electrons. The fourth-order valence-electron chi connectivity index (χ4n) is 3.05. The second-order valence-electron chi connectivity index (χ2n) is 6.23. The molecule has 1 aliphatic heterocycles. The molecule has 0 aliphatic carbocycles. The molecular formula is C15H20N6O3S. The zero-order chi connectivity index (χ0) is 18.1. The van der Waals surface area contributed by atoms with Crippen LogP contribution in [0.2, 0.25) is 0 Å². The van der Waals surface area contributed by atoms with E-state index >= 15 is 0 Å². The SMILES string of the molecule is Cc1ccc(NC(=O)C2(S(C)(=O)=O)CCNCC2)cc1-n1cnnn1. The monoisotopic (exact) mass is 364 g/mol. The lowest BCUT2D eigenvalue weighted by Crippen LogP contribution is -2.55. The number of aromatic nitrogens is 4. The Morgan fingerprint density at radius 3 is 2.64 bits per heavy atom. The summed E-state index contributed by atoms with van der Waals surface area (Å²) in [4.78, 5) is 12.9. The third kappa shape index (κ3) is 3.27. The second kappa shape index (κ2) is 6.52. The molecule has 1 amide bonds. The zero-order valence-corrected chi connectivity index (χ0v) is 14.9. The first-order valence-electron chi connectivity index (χ1n) is 7.89. The van der Waals surface area contributed by atoms with E-state index in [9.17, 15) is 13.2 Å². The lowest BCUT2D eigenvalue weighted by Gasteiger charge is -2.34. The van der Waals surface area contributed by atoms with Gasteiger partial charge in [0.25, 0.3) is 0 Å². The summed E-state index contributed by atoms with van der Waals surface area (Å²) < 4.78 is 24.7. The number of sulfone groups is 1. The number of carbonyl (C=O) groups excluding carboxylic acids is 1. The van der Waals surface area contributed by atoms with E-state index in [4.69, 9.17) is 0 Å². The van der Waals surface area contributed by atoms with Crippen LogP contribution in [-0.4, -0.2) is 58.6 Å². The normalized spacial score (nSPS) is 17.2. The van der Waals surface area contributed by atoms with Gasteiger partial charge < -0.3 is 10.6 Å². The van der Waals surface area contributed by atoms with E-state index in [0.717, 1.165) is 11.8 Å². The molecule has 1 aromatic heterocycles. The summed E-state index contributed by atoms with van der Waals surface area (Å²) in [6, 6.07) is 5.28. The summed E-state index contributed by atoms with van der Waals surface area (Å²) in [5.74, 6) is -0.497. The molecule has 134 valence electrons. The Morgan fingerprint density at radius 2 is 2.04 bits per heavy atom. The van der Waals surface area contributed by atoms with Gasteiger partial charge in [-0.2, -0.15) is 0 Å². The van der Waals surface area contributed by atoms with Crippen LogP contribution in [0.4, 0.5) is 5.69 Å². The fourth-order valence-corrected chi connectivity index (χ4v) is 4.38. The highest BCUT2D eigenvalue weighted by atomic mass is 32.2. The van der Waals surface area contributed by atoms with Gasteiger partial charge in [-0.15, -0.1) is 5.10 Å². The number of nitrogens with one attached hydrogen (secondary N) is 2. The number of benzene rings is 1. The lowest BCUT2D eigenvalue weighted by molar-refractivity contribution is -0.119. The largest absolute Gasteiger partial charge is 0.325 e. The molecule has 1 aliphatic rings. The number of nitrogens with zero attached hydrogens (tertiary/aromatic N) is 4. The van der Waals surface area contributed by atoms with Crippen molar-refractivity contribution in [3.05, 3.63) is 30.1 Å². The van der Waals surface area contributed by atoms with Crippen molar-refractivity contribution in [2.45, 2.75) is 24.5 Å². The van der Waals surface area contributed by atoms with E-state index < -0.39 is 20.5 Å². The predicted octanol–water partition coefficient (Wildman–Crippen LogP) is 0.0760. The molecule has 1 saturated heterocycles. The van der Waals surface area contributed by atoms with Crippen LogP contribution in [0.5, 0.6) is 0 Å². The third-order valence-corrected chi connectivity index (χ3v) is 6.61. The number of aryl methyl sites for hydroxylation is 1. The number of hydrogen-bond acceptors (Lipinski definition) is 7. The van der Waals surface area contributed by atoms with Gasteiger partial charge in [0.05, 0.1) is 5.69 Å². The standard InChI is InChI=1S/C15H20N6O3S/c1-11-3-4-12(9-13(11)21-10-17-19-20-21)18-14(22)15(25(2,23)24)5-7-16-8-6-15/h3-4,9-10,16H,5-8H2,1-2H3,(H,18,22). The van der Waals surface area contributed by atoms with Crippen molar-refractivity contribution in [1.82, 2.24) is 25.5 Å². The third-order valence-electron chi connectivity index (χ3n) is 4.60. The molecule has 0 atom stereocenters. The summed E-state index contributed by atoms with van der Waals surface area (Å²) in [7, 11) is -3.56. The van der Waals surface area contributed by atoms with Gasteiger partial charge in [0, 0.05) is 11.9 Å². The maximum atomic E-state index is 12.9. The van der Waals surface area contributed by atoms with E-state index in [0.29, 0.717) is 24.5 Å². The minimum Gasteiger partial charge on any atom is -0.325 e. The first-order valence-corrected chi connectivity index (χ1v) is 9.78. The highest BCUT2D eigenvalue weighted by Crippen LogP contribution is 2.30. The number of piperidine rings is 1. The molecule has 0 saturated carbocycles. The number of amides is 1. The average molecular weight is 364 g/mol. The first kappa shape index (κ1) is 17.5. The van der Waals surface area contributed by atoms with Gasteiger partial charge in [-0.3, -0.25) is 4.79 Å². The van der Waals surface area contributed by atoms with Crippen molar-refractivity contribution in [2.75, 3.05) is 24.7 Å². The summed E-state index contributed by atoms with van der Waals surface area (Å²) in [6.07, 6.45) is 3.09. The van der Waals surface area contributed by atoms with Gasteiger partial charge in [0.2, 0.25) is 5.91 Å². The molecular weight excluding hydrogens is 344 g/mol. The molecule has 25 heavy (non-hydrogen) atoms. The Bertz CT molecular complexity index is 873. The van der Waals surface area contributed by atoms with Crippen LogP contribution in [0.3, 0.4) is 0 Å². The van der Waals surface area contributed by atoms with Crippen LogP contribution in [0.1, 0.15) is 18.4 Å². The fraction of sp³-hybridized carbons (Fsp3) is 0.467. The van der Waals surface area contributed by atoms with E-state index in [-0.39, 0.29) is 12.8 Å². The van der Waals surface area contributed by atoms with Crippen molar-refractivity contribution in [2.24, 2.45) is 0 Å². The van der Waals surface area contributed by atoms with E-state index in [1.54, 1.807) is 12.1 Å². The minimum atomic E-state index is -3.56. The Labute approximate surface area is 145 Å². The molecule has 0 bridgehead atoms. The lowest BCUT2D eigenvalue weighted by atomic mass is 9.95. The highest BCUT2D eigenvalue weighted by molar-refractivity contribution is 7.92. The number of anilines is 1. The van der Waals surface area contributed by atoms with Gasteiger partial charge in [-0.05, 0) is 61.0 Å². The maximum absolute atomic E-state index is 12.9. The Balaban J connectivity index is 1.91. The number of tetrazole rings is 1. The second-order valence-corrected chi connectivity index (χ2v) is 8.55. The molecule has 3 rings (SSSR count). The van der Waals surface area contributed by atoms with Gasteiger partial charge >= 0.3 is 0 Å². The Morgan fingerprint density at radius 1 is 1.32 bits per heavy atom. The smallest absolute Gasteiger partial charge is 0.245 e. The van der Waals surface area contributed by atoms with Crippen LogP contribution < -0.4 is 10.6 Å². The molecule has 2 N–H and O–H groups in total. The van der Waals surface area contributed by atoms with Crippen LogP contribution in [0.25, 0.3) is 5.69 Å². The average Bonchev–Trinajstić information content (AvgIpc) is 3.10. The minimum absolute atomic E-state index is 0.253. The van der Waals surface area contributed by atoms with Crippen LogP contribution in [0, 0.1) is 6.92 Å². The molecule has 2 aromatic rings. The van der Waals surface area contributed by atoms with Crippen molar-refractivity contribution in [3.63, 3.8) is 0 Å². The molecule has 0 unspecified atom stereocenters. The molecule has 9 nitrogen and oxygen atoms in total. The summed E-state index contributed by atoms with van der Waals surface area (Å²) in [5, 5.41) is 16.9. The summed E-state index contributed by atoms with van der Waals surface area (Å²) >= 11 is 0. The number of rotatable bonds is 4. The number of hydrogen-bond donors (Lipinski definition) is 2. The quantitative estimate of drug-likeness (QED) is 0.788. The predicted molar refractivity (Wildman–Crippen MR) is 92.2 cm³/mol. The molecule has 10 heteroatoms. The van der Waals surface area contributed by atoms with Crippen LogP contribution in [0.15, 0.2) is 24.5 Å². The van der Waals surface area contributed by atoms with Crippen molar-refractivity contribution in [1.29, 1.82) is 0 Å². The van der Waals surface area contributed by atoms with Crippen LogP contribution >= 0.6 is 0 Å². The first-order chi connectivity index (χ1) is 11.8.